The molecule has 1 heterocycles. The minimum atomic E-state index is -0.348. The van der Waals surface area contributed by atoms with Crippen LogP contribution in [0.1, 0.15) is 50.4 Å². The van der Waals surface area contributed by atoms with Crippen molar-refractivity contribution in [1.82, 2.24) is 8.61 Å². The first-order valence-electron chi connectivity index (χ1n) is 10.7. The van der Waals surface area contributed by atoms with Gasteiger partial charge in [0.25, 0.3) is 6.47 Å². The molecule has 1 atom stereocenters. The van der Waals surface area contributed by atoms with Gasteiger partial charge in [0.1, 0.15) is 0 Å². The third-order valence-electron chi connectivity index (χ3n) is 5.10. The van der Waals surface area contributed by atoms with Crippen LogP contribution in [0.3, 0.4) is 0 Å². The van der Waals surface area contributed by atoms with E-state index in [9.17, 15) is 4.79 Å². The highest BCUT2D eigenvalue weighted by atomic mass is 35.5. The quantitative estimate of drug-likeness (QED) is 0.272. The minimum Gasteiger partial charge on any atom is -0.483 e. The normalized spacial score (nSPS) is 16.3. The first-order valence-corrected chi connectivity index (χ1v) is 12.2. The van der Waals surface area contributed by atoms with Gasteiger partial charge in [-0.1, -0.05) is 74.3 Å². The van der Waals surface area contributed by atoms with E-state index in [1.807, 2.05) is 27.9 Å². The molecular weight excluding hydrogens is 495 g/mol. The molecule has 0 fully saturated rings. The lowest BCUT2D eigenvalue weighted by molar-refractivity contribution is -0.139. The van der Waals surface area contributed by atoms with Gasteiger partial charge in [0.05, 0.1) is 24.8 Å². The fraction of sp³-hybridized carbons (Fsp3) is 0.360. The monoisotopic (exact) mass is 524 g/mol. The number of benzene rings is 2. The van der Waals surface area contributed by atoms with Gasteiger partial charge >= 0.3 is 5.97 Å². The van der Waals surface area contributed by atoms with Gasteiger partial charge in [0, 0.05) is 35.4 Å². The van der Waals surface area contributed by atoms with Crippen molar-refractivity contribution in [3.63, 3.8) is 0 Å². The van der Waals surface area contributed by atoms with Crippen LogP contribution in [0.4, 0.5) is 0 Å². The summed E-state index contributed by atoms with van der Waals surface area (Å²) in [6.45, 7) is 9.12. The van der Waals surface area contributed by atoms with E-state index in [0.29, 0.717) is 28.8 Å². The van der Waals surface area contributed by atoms with Gasteiger partial charge < -0.3 is 14.1 Å². The standard InChI is InChI=1S/C24H28Cl2N2O2S.CH2O2/c1-6-30-23(29)20-15-28(14-16-7-9-17(10-8-16)24(2,3)4)31-27(5)22(20)19-12-11-18(25)13-21(19)26;2-1-3/h7-13,15,22H,6,14H2,1-5H3;1H,(H,2,3). The van der Waals surface area contributed by atoms with Crippen LogP contribution in [-0.4, -0.2) is 39.8 Å². The number of likely N-dealkylation sites (N-methyl/N-ethyl adjacent to an activating group) is 1. The van der Waals surface area contributed by atoms with E-state index in [-0.39, 0.29) is 23.9 Å². The zero-order valence-electron chi connectivity index (χ0n) is 19.9. The number of halogens is 2. The molecule has 1 N–H and O–H groups in total. The first-order chi connectivity index (χ1) is 16.0. The molecule has 1 aliphatic rings. The van der Waals surface area contributed by atoms with Gasteiger partial charge in [-0.3, -0.25) is 4.79 Å². The van der Waals surface area contributed by atoms with Crippen molar-refractivity contribution in [2.24, 2.45) is 0 Å². The van der Waals surface area contributed by atoms with Crippen LogP contribution in [0.5, 0.6) is 0 Å². The van der Waals surface area contributed by atoms with E-state index in [2.05, 4.69) is 45.0 Å². The number of carboxylic acid groups (broad SMARTS) is 1. The maximum atomic E-state index is 12.8. The van der Waals surface area contributed by atoms with Crippen molar-refractivity contribution >= 4 is 47.8 Å². The van der Waals surface area contributed by atoms with Gasteiger partial charge in [0.2, 0.25) is 0 Å². The highest BCUT2D eigenvalue weighted by molar-refractivity contribution is 7.94. The molecule has 1 unspecified atom stereocenters. The number of hydrogen-bond donors (Lipinski definition) is 1. The predicted octanol–water partition coefficient (Wildman–Crippen LogP) is 6.49. The van der Waals surface area contributed by atoms with Crippen LogP contribution >= 0.6 is 35.3 Å². The van der Waals surface area contributed by atoms with Crippen molar-refractivity contribution in [2.45, 2.75) is 45.7 Å². The average Bonchev–Trinajstić information content (AvgIpc) is 2.75. The number of ether oxygens (including phenoxy) is 1. The van der Waals surface area contributed by atoms with Crippen LogP contribution in [0, 0.1) is 0 Å². The van der Waals surface area contributed by atoms with E-state index >= 15 is 0 Å². The highest BCUT2D eigenvalue weighted by Crippen LogP contribution is 2.42. The third kappa shape index (κ3) is 7.40. The summed E-state index contributed by atoms with van der Waals surface area (Å²) in [4.78, 5) is 21.2. The number of nitrogens with zero attached hydrogens (tertiary/aromatic N) is 2. The Bertz CT molecular complexity index is 1020. The summed E-state index contributed by atoms with van der Waals surface area (Å²) in [6, 6.07) is 13.6. The maximum Gasteiger partial charge on any atom is 0.337 e. The summed E-state index contributed by atoms with van der Waals surface area (Å²) in [7, 11) is 1.95. The lowest BCUT2D eigenvalue weighted by Gasteiger charge is -2.37. The molecule has 0 amide bonds. The van der Waals surface area contributed by atoms with Crippen molar-refractivity contribution in [3.05, 3.63) is 81.0 Å². The molecule has 1 aliphatic heterocycles. The molecule has 0 aromatic heterocycles. The predicted molar refractivity (Wildman–Crippen MR) is 139 cm³/mol. The van der Waals surface area contributed by atoms with Gasteiger partial charge in [-0.05, 0) is 41.2 Å². The third-order valence-corrected chi connectivity index (χ3v) is 6.58. The van der Waals surface area contributed by atoms with Crippen LogP contribution in [0.25, 0.3) is 0 Å². The fourth-order valence-corrected chi connectivity index (χ4v) is 5.02. The first kappa shape index (κ1) is 28.1. The summed E-state index contributed by atoms with van der Waals surface area (Å²) in [5.41, 5.74) is 3.92. The molecule has 0 saturated heterocycles. The zero-order chi connectivity index (χ0) is 25.5. The van der Waals surface area contributed by atoms with Gasteiger partial charge in [-0.15, -0.1) is 0 Å². The minimum absolute atomic E-state index is 0.112. The second-order valence-electron chi connectivity index (χ2n) is 8.63. The Kier molecular flexibility index (Phi) is 10.3. The Balaban J connectivity index is 0.00000129. The Labute approximate surface area is 215 Å². The van der Waals surface area contributed by atoms with Gasteiger partial charge in [-0.2, -0.15) is 0 Å². The second kappa shape index (κ2) is 12.5. The summed E-state index contributed by atoms with van der Waals surface area (Å²) in [6.07, 6.45) is 1.87. The van der Waals surface area contributed by atoms with Crippen LogP contribution in [0.15, 0.2) is 54.2 Å². The SMILES string of the molecule is CCOC(=O)C1=CN(Cc2ccc(C(C)(C)C)cc2)SN(C)C1c1ccc(Cl)cc1Cl.O=CO. The molecule has 184 valence electrons. The summed E-state index contributed by atoms with van der Waals surface area (Å²) < 4.78 is 9.42. The molecule has 0 spiro atoms. The molecule has 6 nitrogen and oxygen atoms in total. The number of hydrogen-bond acceptors (Lipinski definition) is 6. The van der Waals surface area contributed by atoms with Crippen molar-refractivity contribution in [3.8, 4) is 0 Å². The molecule has 0 bridgehead atoms. The topological polar surface area (TPSA) is 70.1 Å². The summed E-state index contributed by atoms with van der Waals surface area (Å²) >= 11 is 14.1. The fourth-order valence-electron chi connectivity index (χ4n) is 3.49. The van der Waals surface area contributed by atoms with Crippen molar-refractivity contribution < 1.29 is 19.4 Å². The summed E-state index contributed by atoms with van der Waals surface area (Å²) in [5.74, 6) is -0.348. The lowest BCUT2D eigenvalue weighted by Crippen LogP contribution is -2.33. The second-order valence-corrected chi connectivity index (χ2v) is 10.7. The molecular formula is C25H30Cl2N2O4S. The van der Waals surface area contributed by atoms with Crippen LogP contribution in [0.2, 0.25) is 10.0 Å². The van der Waals surface area contributed by atoms with Gasteiger partial charge in [-0.25, -0.2) is 9.10 Å². The largest absolute Gasteiger partial charge is 0.483 e. The van der Waals surface area contributed by atoms with Crippen molar-refractivity contribution in [2.75, 3.05) is 13.7 Å². The zero-order valence-corrected chi connectivity index (χ0v) is 22.2. The number of carbonyl (C=O) groups excluding carboxylic acids is 1. The van der Waals surface area contributed by atoms with E-state index < -0.39 is 0 Å². The number of rotatable bonds is 5. The molecule has 9 heteroatoms. The smallest absolute Gasteiger partial charge is 0.337 e. The lowest BCUT2D eigenvalue weighted by atomic mass is 9.87. The average molecular weight is 525 g/mol. The molecule has 0 radical (unpaired) electrons. The van der Waals surface area contributed by atoms with Gasteiger partial charge in [0.15, 0.2) is 0 Å². The van der Waals surface area contributed by atoms with E-state index in [1.165, 1.54) is 17.7 Å². The highest BCUT2D eigenvalue weighted by Gasteiger charge is 2.35. The number of esters is 1. The molecule has 34 heavy (non-hydrogen) atoms. The van der Waals surface area contributed by atoms with E-state index in [0.717, 1.165) is 11.1 Å². The maximum absolute atomic E-state index is 12.8. The van der Waals surface area contributed by atoms with Crippen LogP contribution < -0.4 is 0 Å². The van der Waals surface area contributed by atoms with Crippen molar-refractivity contribution in [1.29, 1.82) is 0 Å². The van der Waals surface area contributed by atoms with Crippen LogP contribution in [-0.2, 0) is 26.3 Å². The molecule has 0 aliphatic carbocycles. The molecule has 3 rings (SSSR count). The Morgan fingerprint density at radius 2 is 1.79 bits per heavy atom. The Morgan fingerprint density at radius 3 is 2.32 bits per heavy atom. The molecule has 2 aromatic rings. The Hall–Kier alpha value is -2.19. The van der Waals surface area contributed by atoms with E-state index in [4.69, 9.17) is 37.8 Å². The molecule has 0 saturated carbocycles. The summed E-state index contributed by atoms with van der Waals surface area (Å²) in [5, 5.41) is 7.97. The van der Waals surface area contributed by atoms with E-state index in [1.54, 1.807) is 19.1 Å². The Morgan fingerprint density at radius 1 is 1.18 bits per heavy atom. The molecule has 2 aromatic carbocycles. The number of carbonyl (C=O) groups is 2.